The molecule has 0 bridgehead atoms. The van der Waals surface area contributed by atoms with Gasteiger partial charge < -0.3 is 15.2 Å². The molecule has 4 heteroatoms. The standard InChI is InChI=1S/C15H23NO3/c1-11(2)12-7-5-6-8-13(12)19-9-14(17)16-10-15(3,4)18/h5-8,11,18H,9-10H2,1-4H3,(H,16,17). The van der Waals surface area contributed by atoms with Crippen LogP contribution in [0.25, 0.3) is 0 Å². The Hall–Kier alpha value is -1.55. The van der Waals surface area contributed by atoms with Crippen LogP contribution in [0.1, 0.15) is 39.2 Å². The predicted octanol–water partition coefficient (Wildman–Crippen LogP) is 2.08. The third-order valence-electron chi connectivity index (χ3n) is 2.62. The zero-order valence-corrected chi connectivity index (χ0v) is 12.1. The number of ether oxygens (including phenoxy) is 1. The van der Waals surface area contributed by atoms with Crippen molar-refractivity contribution >= 4 is 5.91 Å². The Morgan fingerprint density at radius 2 is 2.00 bits per heavy atom. The first-order chi connectivity index (χ1) is 8.79. The highest BCUT2D eigenvalue weighted by molar-refractivity contribution is 5.77. The van der Waals surface area contributed by atoms with E-state index in [0.29, 0.717) is 5.92 Å². The predicted molar refractivity (Wildman–Crippen MR) is 75.3 cm³/mol. The molecule has 1 aromatic carbocycles. The summed E-state index contributed by atoms with van der Waals surface area (Å²) in [5.41, 5.74) is 0.170. The summed E-state index contributed by atoms with van der Waals surface area (Å²) in [6, 6.07) is 7.69. The first kappa shape index (κ1) is 15.5. The molecule has 0 atom stereocenters. The van der Waals surface area contributed by atoms with Gasteiger partial charge in [0.15, 0.2) is 6.61 Å². The molecule has 0 saturated heterocycles. The zero-order chi connectivity index (χ0) is 14.5. The summed E-state index contributed by atoms with van der Waals surface area (Å²) in [5.74, 6) is 0.840. The van der Waals surface area contributed by atoms with E-state index in [1.54, 1.807) is 13.8 Å². The van der Waals surface area contributed by atoms with E-state index in [-0.39, 0.29) is 19.1 Å². The number of carbonyl (C=O) groups is 1. The number of amides is 1. The number of rotatable bonds is 6. The van der Waals surface area contributed by atoms with E-state index < -0.39 is 5.60 Å². The molecule has 0 aromatic heterocycles. The molecule has 0 aliphatic rings. The lowest BCUT2D eigenvalue weighted by molar-refractivity contribution is -0.124. The monoisotopic (exact) mass is 265 g/mol. The SMILES string of the molecule is CC(C)c1ccccc1OCC(=O)NCC(C)(C)O. The molecule has 106 valence electrons. The van der Waals surface area contributed by atoms with Gasteiger partial charge in [0, 0.05) is 6.54 Å². The molecular formula is C15H23NO3. The molecule has 1 aromatic rings. The Morgan fingerprint density at radius 3 is 2.58 bits per heavy atom. The fourth-order valence-corrected chi connectivity index (χ4v) is 1.60. The summed E-state index contributed by atoms with van der Waals surface area (Å²) < 4.78 is 5.53. The van der Waals surface area contributed by atoms with Crippen LogP contribution in [0.2, 0.25) is 0 Å². The maximum atomic E-state index is 11.6. The zero-order valence-electron chi connectivity index (χ0n) is 12.1. The van der Waals surface area contributed by atoms with Gasteiger partial charge in [-0.2, -0.15) is 0 Å². The topological polar surface area (TPSA) is 58.6 Å². The largest absolute Gasteiger partial charge is 0.483 e. The molecule has 2 N–H and O–H groups in total. The van der Waals surface area contributed by atoms with E-state index in [9.17, 15) is 9.90 Å². The molecule has 0 saturated carbocycles. The number of nitrogens with one attached hydrogen (secondary N) is 1. The van der Waals surface area contributed by atoms with Crippen LogP contribution in [-0.2, 0) is 4.79 Å². The van der Waals surface area contributed by atoms with Gasteiger partial charge >= 0.3 is 0 Å². The number of aliphatic hydroxyl groups is 1. The Labute approximate surface area is 114 Å². The van der Waals surface area contributed by atoms with Crippen molar-refractivity contribution in [3.8, 4) is 5.75 Å². The van der Waals surface area contributed by atoms with Gasteiger partial charge in [-0.05, 0) is 31.4 Å². The van der Waals surface area contributed by atoms with Gasteiger partial charge in [0.05, 0.1) is 5.60 Å². The van der Waals surface area contributed by atoms with Crippen LogP contribution < -0.4 is 10.1 Å². The minimum atomic E-state index is -0.911. The van der Waals surface area contributed by atoms with Crippen LogP contribution in [0.5, 0.6) is 5.75 Å². The Morgan fingerprint density at radius 1 is 1.37 bits per heavy atom. The Bertz CT molecular complexity index is 422. The third kappa shape index (κ3) is 5.75. The molecule has 19 heavy (non-hydrogen) atoms. The molecule has 0 fully saturated rings. The second-order valence-electron chi connectivity index (χ2n) is 5.57. The fourth-order valence-electron chi connectivity index (χ4n) is 1.60. The molecule has 0 aliphatic carbocycles. The number of para-hydroxylation sites is 1. The lowest BCUT2D eigenvalue weighted by atomic mass is 10.0. The van der Waals surface area contributed by atoms with Gasteiger partial charge in [-0.15, -0.1) is 0 Å². The van der Waals surface area contributed by atoms with Gasteiger partial charge in [-0.1, -0.05) is 32.0 Å². The van der Waals surface area contributed by atoms with Crippen molar-refractivity contribution in [2.45, 2.75) is 39.2 Å². The van der Waals surface area contributed by atoms with Crippen molar-refractivity contribution in [2.24, 2.45) is 0 Å². The summed E-state index contributed by atoms with van der Waals surface area (Å²) in [6.45, 7) is 7.61. The van der Waals surface area contributed by atoms with Crippen molar-refractivity contribution in [2.75, 3.05) is 13.2 Å². The van der Waals surface area contributed by atoms with Crippen LogP contribution >= 0.6 is 0 Å². The maximum absolute atomic E-state index is 11.6. The van der Waals surface area contributed by atoms with Gasteiger partial charge in [-0.3, -0.25) is 4.79 Å². The summed E-state index contributed by atoms with van der Waals surface area (Å²) in [5, 5.41) is 12.1. The highest BCUT2D eigenvalue weighted by Gasteiger charge is 2.14. The number of benzene rings is 1. The summed E-state index contributed by atoms with van der Waals surface area (Å²) in [6.07, 6.45) is 0. The van der Waals surface area contributed by atoms with Crippen LogP contribution in [0.3, 0.4) is 0 Å². The van der Waals surface area contributed by atoms with Crippen molar-refractivity contribution < 1.29 is 14.6 Å². The minimum absolute atomic E-state index is 0.0419. The second-order valence-corrected chi connectivity index (χ2v) is 5.57. The number of hydrogen-bond donors (Lipinski definition) is 2. The summed E-state index contributed by atoms with van der Waals surface area (Å²) in [4.78, 5) is 11.6. The lowest BCUT2D eigenvalue weighted by Gasteiger charge is -2.18. The first-order valence-electron chi connectivity index (χ1n) is 6.50. The van der Waals surface area contributed by atoms with Gasteiger partial charge in [0.1, 0.15) is 5.75 Å². The van der Waals surface area contributed by atoms with Crippen LogP contribution in [0.15, 0.2) is 24.3 Å². The molecule has 1 amide bonds. The molecule has 0 unspecified atom stereocenters. The highest BCUT2D eigenvalue weighted by Crippen LogP contribution is 2.25. The van der Waals surface area contributed by atoms with Crippen LogP contribution in [0.4, 0.5) is 0 Å². The average molecular weight is 265 g/mol. The quantitative estimate of drug-likeness (QED) is 0.828. The molecular weight excluding hydrogens is 242 g/mol. The van der Waals surface area contributed by atoms with Gasteiger partial charge in [0.2, 0.25) is 0 Å². The van der Waals surface area contributed by atoms with Crippen molar-refractivity contribution in [1.29, 1.82) is 0 Å². The van der Waals surface area contributed by atoms with E-state index in [1.165, 1.54) is 0 Å². The van der Waals surface area contributed by atoms with Gasteiger partial charge in [-0.25, -0.2) is 0 Å². The van der Waals surface area contributed by atoms with E-state index in [4.69, 9.17) is 4.74 Å². The lowest BCUT2D eigenvalue weighted by Crippen LogP contribution is -2.40. The van der Waals surface area contributed by atoms with E-state index in [2.05, 4.69) is 19.2 Å². The Kier molecular flexibility index (Phi) is 5.36. The number of carbonyl (C=O) groups excluding carboxylic acids is 1. The van der Waals surface area contributed by atoms with Crippen molar-refractivity contribution in [3.63, 3.8) is 0 Å². The average Bonchev–Trinajstić information content (AvgIpc) is 2.33. The maximum Gasteiger partial charge on any atom is 0.258 e. The summed E-state index contributed by atoms with van der Waals surface area (Å²) in [7, 11) is 0. The fraction of sp³-hybridized carbons (Fsp3) is 0.533. The third-order valence-corrected chi connectivity index (χ3v) is 2.62. The molecule has 4 nitrogen and oxygen atoms in total. The van der Waals surface area contributed by atoms with Gasteiger partial charge in [0.25, 0.3) is 5.91 Å². The smallest absolute Gasteiger partial charge is 0.258 e. The minimum Gasteiger partial charge on any atom is -0.483 e. The molecule has 0 heterocycles. The highest BCUT2D eigenvalue weighted by atomic mass is 16.5. The van der Waals surface area contributed by atoms with Crippen LogP contribution in [-0.4, -0.2) is 29.8 Å². The van der Waals surface area contributed by atoms with E-state index in [0.717, 1.165) is 11.3 Å². The number of hydrogen-bond acceptors (Lipinski definition) is 3. The Balaban J connectivity index is 2.51. The molecule has 0 radical (unpaired) electrons. The van der Waals surface area contributed by atoms with Crippen LogP contribution in [0, 0.1) is 0 Å². The normalized spacial score (nSPS) is 11.5. The van der Waals surface area contributed by atoms with Crippen molar-refractivity contribution in [1.82, 2.24) is 5.32 Å². The summed E-state index contributed by atoms with van der Waals surface area (Å²) >= 11 is 0. The van der Waals surface area contributed by atoms with E-state index in [1.807, 2.05) is 24.3 Å². The first-order valence-corrected chi connectivity index (χ1v) is 6.50. The molecule has 0 spiro atoms. The molecule has 0 aliphatic heterocycles. The molecule has 1 rings (SSSR count). The van der Waals surface area contributed by atoms with Crippen molar-refractivity contribution in [3.05, 3.63) is 29.8 Å². The van der Waals surface area contributed by atoms with E-state index >= 15 is 0 Å². The second kappa shape index (κ2) is 6.57.